The van der Waals surface area contributed by atoms with E-state index >= 15 is 0 Å². The maximum atomic E-state index is 12.1. The summed E-state index contributed by atoms with van der Waals surface area (Å²) in [6.45, 7) is 2.00. The molecule has 27 heavy (non-hydrogen) atoms. The van der Waals surface area contributed by atoms with Gasteiger partial charge in [0, 0.05) is 6.42 Å². The Morgan fingerprint density at radius 3 is 2.67 bits per heavy atom. The Balaban J connectivity index is 1.65. The predicted molar refractivity (Wildman–Crippen MR) is 100 cm³/mol. The maximum Gasteiger partial charge on any atom is 0.408 e. The Hall–Kier alpha value is -3.35. The molecule has 0 unspecified atom stereocenters. The van der Waals surface area contributed by atoms with Crippen molar-refractivity contribution >= 4 is 23.1 Å². The summed E-state index contributed by atoms with van der Waals surface area (Å²) < 4.78 is 10.00. The third-order valence-electron chi connectivity index (χ3n) is 4.10. The fourth-order valence-corrected chi connectivity index (χ4v) is 2.78. The van der Waals surface area contributed by atoms with Crippen molar-refractivity contribution in [2.75, 3.05) is 7.11 Å². The molecule has 3 aromatic rings. The molecule has 1 atom stereocenters. The second kappa shape index (κ2) is 8.35. The fourth-order valence-electron chi connectivity index (χ4n) is 2.78. The lowest BCUT2D eigenvalue weighted by molar-refractivity contribution is -0.143. The number of carbonyl (C=O) groups excluding carboxylic acids is 2. The number of H-pyrrole nitrogens is 1. The summed E-state index contributed by atoms with van der Waals surface area (Å²) in [7, 11) is 1.28. The Morgan fingerprint density at radius 1 is 1.15 bits per heavy atom. The molecule has 0 bridgehead atoms. The molecule has 0 spiro atoms. The number of aromatic nitrogens is 2. The highest BCUT2D eigenvalue weighted by molar-refractivity contribution is 5.82. The molecule has 0 aliphatic rings. The van der Waals surface area contributed by atoms with E-state index in [1.54, 1.807) is 0 Å². The summed E-state index contributed by atoms with van der Waals surface area (Å²) in [6, 6.07) is 14.1. The topological polar surface area (TPSA) is 93.3 Å². The monoisotopic (exact) mass is 367 g/mol. The van der Waals surface area contributed by atoms with Crippen LogP contribution in [0.25, 0.3) is 11.0 Å². The number of benzene rings is 2. The minimum atomic E-state index is -0.851. The molecule has 1 aromatic heterocycles. The number of imidazole rings is 1. The number of ether oxygens (including phenoxy) is 2. The smallest absolute Gasteiger partial charge is 0.408 e. The highest BCUT2D eigenvalue weighted by Crippen LogP contribution is 2.15. The molecular formula is C20H21N3O4. The van der Waals surface area contributed by atoms with E-state index in [4.69, 9.17) is 9.47 Å². The van der Waals surface area contributed by atoms with Gasteiger partial charge >= 0.3 is 12.1 Å². The van der Waals surface area contributed by atoms with E-state index in [0.29, 0.717) is 0 Å². The Labute approximate surface area is 156 Å². The summed E-state index contributed by atoms with van der Waals surface area (Å²) in [5.41, 5.74) is 3.44. The van der Waals surface area contributed by atoms with Gasteiger partial charge in [0.1, 0.15) is 18.5 Å². The number of fused-ring (bicyclic) bond motifs is 1. The predicted octanol–water partition coefficient (Wildman–Crippen LogP) is 2.88. The molecule has 2 N–H and O–H groups in total. The van der Waals surface area contributed by atoms with Crippen molar-refractivity contribution in [3.05, 3.63) is 65.5 Å². The zero-order valence-electron chi connectivity index (χ0n) is 15.2. The van der Waals surface area contributed by atoms with Crippen LogP contribution < -0.4 is 5.32 Å². The van der Waals surface area contributed by atoms with Gasteiger partial charge in [-0.15, -0.1) is 0 Å². The minimum Gasteiger partial charge on any atom is -0.467 e. The van der Waals surface area contributed by atoms with E-state index in [9.17, 15) is 9.59 Å². The molecule has 0 saturated carbocycles. The van der Waals surface area contributed by atoms with E-state index in [2.05, 4.69) is 15.3 Å². The second-order valence-electron chi connectivity index (χ2n) is 6.16. The number of aromatic amines is 1. The summed E-state index contributed by atoms with van der Waals surface area (Å²) in [5, 5.41) is 2.58. The Kier molecular flexibility index (Phi) is 5.71. The van der Waals surface area contributed by atoms with Crippen LogP contribution in [0.2, 0.25) is 0 Å². The third kappa shape index (κ3) is 4.84. The van der Waals surface area contributed by atoms with Crippen LogP contribution >= 0.6 is 0 Å². The van der Waals surface area contributed by atoms with Gasteiger partial charge in [-0.1, -0.05) is 36.4 Å². The van der Waals surface area contributed by atoms with Crippen LogP contribution in [0.15, 0.2) is 48.5 Å². The number of rotatable bonds is 6. The molecule has 7 nitrogen and oxygen atoms in total. The molecule has 0 aliphatic heterocycles. The number of hydrogen-bond donors (Lipinski definition) is 2. The first kappa shape index (κ1) is 18.4. The van der Waals surface area contributed by atoms with Crippen LogP contribution in [-0.2, 0) is 27.3 Å². The van der Waals surface area contributed by atoms with Crippen LogP contribution in [0, 0.1) is 6.92 Å². The van der Waals surface area contributed by atoms with Gasteiger partial charge in [0.2, 0.25) is 0 Å². The second-order valence-corrected chi connectivity index (χ2v) is 6.16. The first-order valence-electron chi connectivity index (χ1n) is 8.55. The van der Waals surface area contributed by atoms with Crippen molar-refractivity contribution in [3.63, 3.8) is 0 Å². The van der Waals surface area contributed by atoms with Gasteiger partial charge < -0.3 is 19.8 Å². The van der Waals surface area contributed by atoms with Crippen molar-refractivity contribution in [2.24, 2.45) is 0 Å². The van der Waals surface area contributed by atoms with Gasteiger partial charge in [-0.25, -0.2) is 14.6 Å². The molecule has 1 amide bonds. The first-order chi connectivity index (χ1) is 13.0. The quantitative estimate of drug-likeness (QED) is 0.654. The average Bonchev–Trinajstić information content (AvgIpc) is 3.05. The van der Waals surface area contributed by atoms with E-state index in [0.717, 1.165) is 28.0 Å². The molecule has 0 aliphatic carbocycles. The number of nitrogens with zero attached hydrogens (tertiary/aromatic N) is 1. The van der Waals surface area contributed by atoms with E-state index in [-0.39, 0.29) is 13.0 Å². The molecule has 3 rings (SSSR count). The number of amides is 1. The summed E-state index contributed by atoms with van der Waals surface area (Å²) in [5.74, 6) is 0.277. The summed E-state index contributed by atoms with van der Waals surface area (Å²) in [6.07, 6.45) is -0.402. The lowest BCUT2D eigenvalue weighted by Crippen LogP contribution is -2.43. The number of carbonyl (C=O) groups is 2. The third-order valence-corrected chi connectivity index (χ3v) is 4.10. The van der Waals surface area contributed by atoms with E-state index in [1.807, 2.05) is 55.5 Å². The van der Waals surface area contributed by atoms with Crippen LogP contribution in [0.3, 0.4) is 0 Å². The average molecular weight is 367 g/mol. The van der Waals surface area contributed by atoms with Gasteiger partial charge in [-0.05, 0) is 30.2 Å². The molecule has 7 heteroatoms. The molecule has 140 valence electrons. The lowest BCUT2D eigenvalue weighted by Gasteiger charge is -2.16. The molecule has 0 fully saturated rings. The van der Waals surface area contributed by atoms with Gasteiger partial charge in [0.15, 0.2) is 0 Å². The number of aryl methyl sites for hydroxylation is 1. The molecule has 2 aromatic carbocycles. The Morgan fingerprint density at radius 2 is 1.93 bits per heavy atom. The van der Waals surface area contributed by atoms with Crippen LogP contribution in [0.4, 0.5) is 4.79 Å². The van der Waals surface area contributed by atoms with E-state index < -0.39 is 18.1 Å². The standard InChI is InChI=1S/C20H21N3O4/c1-13-21-16-9-8-15(10-17(16)22-13)11-18(19(24)26-2)23-20(25)27-12-14-6-4-3-5-7-14/h3-10,18H,11-12H2,1-2H3,(H,21,22)(H,23,25)/t18-/m1/s1. The number of alkyl carbamates (subject to hydrolysis) is 1. The number of nitrogens with one attached hydrogen (secondary N) is 2. The van der Waals surface area contributed by atoms with Crippen molar-refractivity contribution in [2.45, 2.75) is 26.0 Å². The fraction of sp³-hybridized carbons (Fsp3) is 0.250. The van der Waals surface area contributed by atoms with Crippen molar-refractivity contribution in [1.29, 1.82) is 0 Å². The molecule has 0 saturated heterocycles. The van der Waals surface area contributed by atoms with Crippen LogP contribution in [0.1, 0.15) is 17.0 Å². The maximum absolute atomic E-state index is 12.1. The summed E-state index contributed by atoms with van der Waals surface area (Å²) in [4.78, 5) is 31.7. The highest BCUT2D eigenvalue weighted by Gasteiger charge is 2.23. The molecule has 1 heterocycles. The van der Waals surface area contributed by atoms with Crippen molar-refractivity contribution in [3.8, 4) is 0 Å². The first-order valence-corrected chi connectivity index (χ1v) is 8.55. The number of methoxy groups -OCH3 is 1. The highest BCUT2D eigenvalue weighted by atomic mass is 16.6. The van der Waals surface area contributed by atoms with Gasteiger partial charge in [0.05, 0.1) is 18.1 Å². The van der Waals surface area contributed by atoms with Crippen LogP contribution in [0.5, 0.6) is 0 Å². The van der Waals surface area contributed by atoms with Gasteiger partial charge in [-0.2, -0.15) is 0 Å². The van der Waals surface area contributed by atoms with E-state index in [1.165, 1.54) is 7.11 Å². The van der Waals surface area contributed by atoms with Crippen molar-refractivity contribution < 1.29 is 19.1 Å². The SMILES string of the molecule is COC(=O)[C@@H](Cc1ccc2[nH]c(C)nc2c1)NC(=O)OCc1ccccc1. The van der Waals surface area contributed by atoms with Crippen molar-refractivity contribution in [1.82, 2.24) is 15.3 Å². The van der Waals surface area contributed by atoms with Crippen LogP contribution in [-0.4, -0.2) is 35.2 Å². The molecule has 0 radical (unpaired) electrons. The van der Waals surface area contributed by atoms with Gasteiger partial charge in [-0.3, -0.25) is 0 Å². The zero-order chi connectivity index (χ0) is 19.2. The minimum absolute atomic E-state index is 0.124. The number of hydrogen-bond acceptors (Lipinski definition) is 5. The summed E-state index contributed by atoms with van der Waals surface area (Å²) >= 11 is 0. The normalized spacial score (nSPS) is 11.8. The lowest BCUT2D eigenvalue weighted by atomic mass is 10.1. The molecular weight excluding hydrogens is 346 g/mol. The van der Waals surface area contributed by atoms with Gasteiger partial charge in [0.25, 0.3) is 0 Å². The zero-order valence-corrected chi connectivity index (χ0v) is 15.2. The largest absolute Gasteiger partial charge is 0.467 e. The number of esters is 1. The Bertz CT molecular complexity index is 937.